The van der Waals surface area contributed by atoms with E-state index in [9.17, 15) is 4.79 Å². The molecule has 0 saturated heterocycles. The van der Waals surface area contributed by atoms with Crippen LogP contribution < -0.4 is 5.32 Å². The average Bonchev–Trinajstić information content (AvgIpc) is 2.75. The zero-order chi connectivity index (χ0) is 15.6. The summed E-state index contributed by atoms with van der Waals surface area (Å²) in [6.45, 7) is 8.07. The van der Waals surface area contributed by atoms with Gasteiger partial charge in [0.25, 0.3) is 0 Å². The fourth-order valence-electron chi connectivity index (χ4n) is 1.96. The second-order valence-electron chi connectivity index (χ2n) is 5.93. The lowest BCUT2D eigenvalue weighted by atomic mass is 10.0. The van der Waals surface area contributed by atoms with Crippen molar-refractivity contribution in [2.24, 2.45) is 7.05 Å². The van der Waals surface area contributed by atoms with Crippen molar-refractivity contribution in [3.8, 4) is 0 Å². The summed E-state index contributed by atoms with van der Waals surface area (Å²) in [6.07, 6.45) is 0.905. The molecule has 0 aliphatic heterocycles. The van der Waals surface area contributed by atoms with Crippen LogP contribution in [-0.2, 0) is 11.8 Å². The molecule has 1 heterocycles. The average molecular weight is 305 g/mol. The van der Waals surface area contributed by atoms with Gasteiger partial charge < -0.3 is 9.88 Å². The number of hydrogen-bond donors (Lipinski definition) is 1. The highest BCUT2D eigenvalue weighted by atomic mass is 32.2. The van der Waals surface area contributed by atoms with E-state index < -0.39 is 0 Å². The number of carbonyl (C=O) groups excluding carboxylic acids is 1. The highest BCUT2D eigenvalue weighted by Crippen LogP contribution is 2.26. The van der Waals surface area contributed by atoms with E-state index in [0.717, 1.165) is 22.6 Å². The number of aromatic nitrogens is 2. The molecule has 114 valence electrons. The fraction of sp³-hybridized carbons (Fsp3) is 0.500. The summed E-state index contributed by atoms with van der Waals surface area (Å²) in [6, 6.07) is 8.00. The Morgan fingerprint density at radius 2 is 2.10 bits per heavy atom. The molecular formula is C16H23N3OS. The first-order valence-corrected chi connectivity index (χ1v) is 8.12. The Morgan fingerprint density at radius 3 is 2.71 bits per heavy atom. The highest BCUT2D eigenvalue weighted by molar-refractivity contribution is 8.00. The quantitative estimate of drug-likeness (QED) is 0.862. The number of thioether (sulfide) groups is 1. The van der Waals surface area contributed by atoms with Crippen LogP contribution in [0.15, 0.2) is 29.4 Å². The molecular weight excluding hydrogens is 282 g/mol. The predicted octanol–water partition coefficient (Wildman–Crippen LogP) is 3.36. The summed E-state index contributed by atoms with van der Waals surface area (Å²) in [5, 5.41) is 3.78. The number of aryl methyl sites for hydroxylation is 1. The summed E-state index contributed by atoms with van der Waals surface area (Å²) < 4.78 is 2.04. The lowest BCUT2D eigenvalue weighted by Gasteiger charge is -2.26. The van der Waals surface area contributed by atoms with E-state index in [1.807, 2.05) is 56.7 Å². The van der Waals surface area contributed by atoms with Crippen molar-refractivity contribution < 1.29 is 4.79 Å². The van der Waals surface area contributed by atoms with Crippen LogP contribution in [0.5, 0.6) is 0 Å². The van der Waals surface area contributed by atoms with Crippen molar-refractivity contribution in [3.63, 3.8) is 0 Å². The molecule has 0 spiro atoms. The van der Waals surface area contributed by atoms with E-state index in [2.05, 4.69) is 17.2 Å². The lowest BCUT2D eigenvalue weighted by molar-refractivity contribution is -0.121. The molecule has 1 aromatic heterocycles. The van der Waals surface area contributed by atoms with E-state index in [0.29, 0.717) is 0 Å². The first kappa shape index (κ1) is 15.9. The minimum absolute atomic E-state index is 0.0545. The van der Waals surface area contributed by atoms with Gasteiger partial charge in [-0.25, -0.2) is 4.98 Å². The number of nitrogens with one attached hydrogen (secondary N) is 1. The maximum atomic E-state index is 12.3. The van der Waals surface area contributed by atoms with Crippen molar-refractivity contribution >= 4 is 28.7 Å². The molecule has 1 N–H and O–H groups in total. The van der Waals surface area contributed by atoms with Crippen LogP contribution >= 0.6 is 11.8 Å². The van der Waals surface area contributed by atoms with Crippen LogP contribution in [0, 0.1) is 0 Å². The first-order valence-electron chi connectivity index (χ1n) is 7.24. The highest BCUT2D eigenvalue weighted by Gasteiger charge is 2.23. The van der Waals surface area contributed by atoms with E-state index in [-0.39, 0.29) is 16.7 Å². The van der Waals surface area contributed by atoms with E-state index >= 15 is 0 Å². The predicted molar refractivity (Wildman–Crippen MR) is 88.5 cm³/mol. The Kier molecular flexibility index (Phi) is 4.61. The van der Waals surface area contributed by atoms with Gasteiger partial charge in [-0.1, -0.05) is 30.8 Å². The third-order valence-electron chi connectivity index (χ3n) is 3.74. The Bertz CT molecular complexity index is 648. The molecule has 1 amide bonds. The molecule has 1 atom stereocenters. The molecule has 21 heavy (non-hydrogen) atoms. The number of hydrogen-bond acceptors (Lipinski definition) is 3. The van der Waals surface area contributed by atoms with Crippen LogP contribution in [0.25, 0.3) is 11.0 Å². The molecule has 0 bridgehead atoms. The smallest absolute Gasteiger partial charge is 0.233 e. The Balaban J connectivity index is 2.13. The van der Waals surface area contributed by atoms with Gasteiger partial charge in [0.1, 0.15) is 0 Å². The molecule has 5 heteroatoms. The summed E-state index contributed by atoms with van der Waals surface area (Å²) in [7, 11) is 1.98. The Hall–Kier alpha value is -1.49. The lowest BCUT2D eigenvalue weighted by Crippen LogP contribution is -2.46. The number of rotatable bonds is 5. The topological polar surface area (TPSA) is 46.9 Å². The van der Waals surface area contributed by atoms with Gasteiger partial charge >= 0.3 is 0 Å². The van der Waals surface area contributed by atoms with Crippen LogP contribution in [0.3, 0.4) is 0 Å². The molecule has 2 aromatic rings. The number of fused-ring (bicyclic) bond motifs is 1. The Morgan fingerprint density at radius 1 is 1.43 bits per heavy atom. The van der Waals surface area contributed by atoms with Gasteiger partial charge in [-0.15, -0.1) is 0 Å². The number of carbonyl (C=O) groups is 1. The van der Waals surface area contributed by atoms with Crippen molar-refractivity contribution in [1.82, 2.24) is 14.9 Å². The maximum Gasteiger partial charge on any atom is 0.233 e. The van der Waals surface area contributed by atoms with Gasteiger partial charge in [-0.05, 0) is 39.3 Å². The summed E-state index contributed by atoms with van der Waals surface area (Å²) in [4.78, 5) is 16.9. The number of amides is 1. The van der Waals surface area contributed by atoms with Gasteiger partial charge in [-0.3, -0.25) is 4.79 Å². The van der Waals surface area contributed by atoms with Crippen LogP contribution in [0.1, 0.15) is 34.1 Å². The zero-order valence-corrected chi connectivity index (χ0v) is 14.1. The summed E-state index contributed by atoms with van der Waals surface area (Å²) in [5.41, 5.74) is 1.88. The van der Waals surface area contributed by atoms with Crippen LogP contribution in [0.4, 0.5) is 0 Å². The molecule has 2 rings (SSSR count). The SMILES string of the molecule is CCC(C)(C)NC(=O)C(C)Sc1nc2ccccc2n1C. The van der Waals surface area contributed by atoms with Crippen LogP contribution in [0.2, 0.25) is 0 Å². The second-order valence-corrected chi connectivity index (χ2v) is 7.24. The molecule has 0 saturated carbocycles. The summed E-state index contributed by atoms with van der Waals surface area (Å²) in [5.74, 6) is 0.0545. The normalized spacial score (nSPS) is 13.4. The second kappa shape index (κ2) is 6.10. The van der Waals surface area contributed by atoms with E-state index in [4.69, 9.17) is 0 Å². The van der Waals surface area contributed by atoms with Crippen molar-refractivity contribution in [3.05, 3.63) is 24.3 Å². The Labute approximate surface area is 130 Å². The number of para-hydroxylation sites is 2. The molecule has 4 nitrogen and oxygen atoms in total. The molecule has 1 aromatic carbocycles. The van der Waals surface area contributed by atoms with E-state index in [1.54, 1.807) is 0 Å². The van der Waals surface area contributed by atoms with Crippen molar-refractivity contribution in [1.29, 1.82) is 0 Å². The number of nitrogens with zero attached hydrogens (tertiary/aromatic N) is 2. The third kappa shape index (κ3) is 3.59. The fourth-order valence-corrected chi connectivity index (χ4v) is 2.85. The first-order chi connectivity index (χ1) is 9.84. The van der Waals surface area contributed by atoms with Crippen LogP contribution in [-0.4, -0.2) is 26.2 Å². The van der Waals surface area contributed by atoms with Gasteiger partial charge in [0.2, 0.25) is 5.91 Å². The molecule has 0 aliphatic rings. The molecule has 0 radical (unpaired) electrons. The number of benzene rings is 1. The molecule has 1 unspecified atom stereocenters. The van der Waals surface area contributed by atoms with Crippen molar-refractivity contribution in [2.45, 2.75) is 50.1 Å². The third-order valence-corrected chi connectivity index (χ3v) is 4.89. The van der Waals surface area contributed by atoms with Gasteiger partial charge in [0, 0.05) is 12.6 Å². The zero-order valence-electron chi connectivity index (χ0n) is 13.3. The number of imidazole rings is 1. The largest absolute Gasteiger partial charge is 0.350 e. The van der Waals surface area contributed by atoms with Gasteiger partial charge in [0.15, 0.2) is 5.16 Å². The minimum atomic E-state index is -0.175. The van der Waals surface area contributed by atoms with E-state index in [1.165, 1.54) is 11.8 Å². The van der Waals surface area contributed by atoms with Gasteiger partial charge in [0.05, 0.1) is 16.3 Å². The monoisotopic (exact) mass is 305 g/mol. The molecule has 0 aliphatic carbocycles. The molecule has 0 fully saturated rings. The van der Waals surface area contributed by atoms with Crippen molar-refractivity contribution in [2.75, 3.05) is 0 Å². The maximum absolute atomic E-state index is 12.3. The summed E-state index contributed by atoms with van der Waals surface area (Å²) >= 11 is 1.50. The standard InChI is InChI=1S/C16H23N3OS/c1-6-16(3,4)18-14(20)11(2)21-15-17-12-9-7-8-10-13(12)19(15)5/h7-11H,6H2,1-5H3,(H,18,20). The minimum Gasteiger partial charge on any atom is -0.350 e. The van der Waals surface area contributed by atoms with Gasteiger partial charge in [-0.2, -0.15) is 0 Å².